The van der Waals surface area contributed by atoms with E-state index in [4.69, 9.17) is 0 Å². The Balaban J connectivity index is 0.00000196. The van der Waals surface area contributed by atoms with Crippen molar-refractivity contribution in [3.63, 3.8) is 0 Å². The van der Waals surface area contributed by atoms with Gasteiger partial charge in [-0.3, -0.25) is 4.90 Å². The Morgan fingerprint density at radius 3 is 2.39 bits per heavy atom. The van der Waals surface area contributed by atoms with Crippen LogP contribution in [0.25, 0.3) is 0 Å². The number of aliphatic hydroxyl groups is 1. The number of quaternary nitrogens is 2. The SMILES string of the molecule is Cc1cc2c(cc1C)[NH+](CCC[NH2+]C(C)C(O)c1ccc(O)cc1)C=N2.[Cl-].[Cl-]. The second-order valence-electron chi connectivity index (χ2n) is 7.26. The van der Waals surface area contributed by atoms with Crippen molar-refractivity contribution in [3.05, 3.63) is 53.1 Å². The number of nitrogens with zero attached hydrogens (tertiary/aromatic N) is 1. The Labute approximate surface area is 179 Å². The lowest BCUT2D eigenvalue weighted by atomic mass is 10.0. The normalized spacial score (nSPS) is 16.6. The maximum Gasteiger partial charge on any atom is 0.194 e. The lowest BCUT2D eigenvalue weighted by Gasteiger charge is -2.18. The number of hydrogen-bond donors (Lipinski definition) is 4. The Bertz CT molecular complexity index is 797. The third-order valence-corrected chi connectivity index (χ3v) is 5.24. The number of aliphatic imine (C=N–C) groups is 1. The highest BCUT2D eigenvalue weighted by Gasteiger charge is 2.23. The molecule has 1 heterocycles. The maximum absolute atomic E-state index is 10.4. The minimum atomic E-state index is -0.539. The van der Waals surface area contributed by atoms with Gasteiger partial charge in [0.05, 0.1) is 13.1 Å². The molecule has 0 saturated carbocycles. The van der Waals surface area contributed by atoms with Crippen molar-refractivity contribution < 1.29 is 45.2 Å². The average Bonchev–Trinajstić information content (AvgIpc) is 3.00. The number of nitrogens with two attached hydrogens (primary N) is 1. The lowest BCUT2D eigenvalue weighted by molar-refractivity contribution is -0.734. The minimum absolute atomic E-state index is 0. The van der Waals surface area contributed by atoms with Crippen LogP contribution in [0.15, 0.2) is 41.4 Å². The molecule has 0 bridgehead atoms. The van der Waals surface area contributed by atoms with E-state index >= 15 is 0 Å². The molecule has 0 fully saturated rings. The van der Waals surface area contributed by atoms with Gasteiger partial charge in [0, 0.05) is 12.5 Å². The number of phenolic OH excluding ortho intramolecular Hbond substituents is 1. The van der Waals surface area contributed by atoms with E-state index in [1.54, 1.807) is 24.3 Å². The van der Waals surface area contributed by atoms with Gasteiger partial charge in [-0.2, -0.15) is 4.99 Å². The summed E-state index contributed by atoms with van der Waals surface area (Å²) in [6.07, 6.45) is 2.50. The van der Waals surface area contributed by atoms with Gasteiger partial charge in [-0.1, -0.05) is 12.1 Å². The monoisotopic (exact) mass is 425 g/mol. The van der Waals surface area contributed by atoms with Crippen LogP contribution >= 0.6 is 0 Å². The molecule has 3 atom stereocenters. The zero-order chi connectivity index (χ0) is 18.7. The Kier molecular flexibility index (Phi) is 9.40. The van der Waals surface area contributed by atoms with Crippen LogP contribution in [-0.4, -0.2) is 35.7 Å². The van der Waals surface area contributed by atoms with Gasteiger partial charge in [-0.15, -0.1) is 0 Å². The van der Waals surface area contributed by atoms with Gasteiger partial charge >= 0.3 is 0 Å². The fourth-order valence-electron chi connectivity index (χ4n) is 3.36. The first-order valence-corrected chi connectivity index (χ1v) is 9.27. The van der Waals surface area contributed by atoms with Crippen LogP contribution in [0.4, 0.5) is 11.4 Å². The molecule has 1 aliphatic rings. The molecule has 0 aromatic heterocycles. The van der Waals surface area contributed by atoms with Gasteiger partial charge in [0.2, 0.25) is 0 Å². The molecule has 3 unspecified atom stereocenters. The highest BCUT2D eigenvalue weighted by molar-refractivity contribution is 5.73. The summed E-state index contributed by atoms with van der Waals surface area (Å²) in [6, 6.07) is 11.3. The van der Waals surface area contributed by atoms with Gasteiger partial charge in [-0.25, -0.2) is 0 Å². The number of hydrogen-bond acceptors (Lipinski definition) is 3. The summed E-state index contributed by atoms with van der Waals surface area (Å²) in [7, 11) is 0. The molecule has 0 radical (unpaired) electrons. The average molecular weight is 426 g/mol. The third kappa shape index (κ3) is 5.69. The van der Waals surface area contributed by atoms with Gasteiger partial charge in [0.25, 0.3) is 0 Å². The van der Waals surface area contributed by atoms with E-state index in [-0.39, 0.29) is 36.6 Å². The predicted octanol–water partition coefficient (Wildman–Crippen LogP) is -4.72. The molecular weight excluding hydrogens is 397 g/mol. The number of aryl methyl sites for hydroxylation is 2. The number of benzene rings is 2. The summed E-state index contributed by atoms with van der Waals surface area (Å²) in [5, 5.41) is 22.0. The van der Waals surface area contributed by atoms with E-state index in [0.29, 0.717) is 0 Å². The van der Waals surface area contributed by atoms with Crippen LogP contribution in [-0.2, 0) is 0 Å². The molecule has 5 N–H and O–H groups in total. The fourth-order valence-corrected chi connectivity index (χ4v) is 3.36. The Morgan fingerprint density at radius 1 is 1.07 bits per heavy atom. The standard InChI is InChI=1S/C21H27N3O2.2ClH/c1-14-11-19-20(12-15(14)2)24(13-23-19)10-4-9-22-16(3)21(26)17-5-7-18(25)8-6-17;;/h5-8,11-13,16,21-22,25-26H,4,9-10H2,1-3H3;2*1H. The number of rotatable bonds is 7. The predicted molar refractivity (Wildman–Crippen MR) is 103 cm³/mol. The molecular formula is C21H29Cl2N3O2. The van der Waals surface area contributed by atoms with Gasteiger partial charge in [-0.05, 0) is 55.7 Å². The summed E-state index contributed by atoms with van der Waals surface area (Å²) in [6.45, 7) is 8.25. The van der Waals surface area contributed by atoms with Crippen LogP contribution in [0, 0.1) is 13.8 Å². The molecule has 0 spiro atoms. The molecule has 7 heteroatoms. The van der Waals surface area contributed by atoms with Crippen molar-refractivity contribution in [1.82, 2.24) is 0 Å². The molecule has 0 amide bonds. The summed E-state index contributed by atoms with van der Waals surface area (Å²) >= 11 is 0. The second kappa shape index (κ2) is 10.8. The van der Waals surface area contributed by atoms with Gasteiger partial charge < -0.3 is 40.3 Å². The Morgan fingerprint density at radius 2 is 1.71 bits per heavy atom. The summed E-state index contributed by atoms with van der Waals surface area (Å²) in [4.78, 5) is 5.85. The van der Waals surface area contributed by atoms with Crippen molar-refractivity contribution in [1.29, 1.82) is 0 Å². The number of aliphatic hydroxyl groups excluding tert-OH is 1. The van der Waals surface area contributed by atoms with Crippen molar-refractivity contribution in [2.45, 2.75) is 39.3 Å². The Hall–Kier alpha value is -1.63. The van der Waals surface area contributed by atoms with E-state index in [1.165, 1.54) is 21.7 Å². The van der Waals surface area contributed by atoms with Gasteiger partial charge in [0.15, 0.2) is 12.0 Å². The smallest absolute Gasteiger partial charge is 0.194 e. The molecule has 0 saturated heterocycles. The largest absolute Gasteiger partial charge is 1.00 e. The first kappa shape index (κ1) is 24.4. The summed E-state index contributed by atoms with van der Waals surface area (Å²) in [5.74, 6) is 0.221. The van der Waals surface area contributed by atoms with Crippen molar-refractivity contribution in [3.8, 4) is 5.75 Å². The summed E-state index contributed by atoms with van der Waals surface area (Å²) in [5.41, 5.74) is 5.79. The zero-order valence-electron chi connectivity index (χ0n) is 16.5. The van der Waals surface area contributed by atoms with Crippen LogP contribution in [0.2, 0.25) is 0 Å². The van der Waals surface area contributed by atoms with Crippen LogP contribution in [0.1, 0.15) is 36.1 Å². The summed E-state index contributed by atoms with van der Waals surface area (Å²) < 4.78 is 0. The number of phenols is 1. The van der Waals surface area contributed by atoms with Crippen molar-refractivity contribution in [2.24, 2.45) is 4.99 Å². The van der Waals surface area contributed by atoms with E-state index in [0.717, 1.165) is 30.8 Å². The lowest BCUT2D eigenvalue weighted by Crippen LogP contribution is -3.05. The van der Waals surface area contributed by atoms with Crippen LogP contribution < -0.4 is 35.0 Å². The molecule has 2 aromatic rings. The first-order chi connectivity index (χ1) is 12.5. The topological polar surface area (TPSA) is 73.9 Å². The molecule has 154 valence electrons. The highest BCUT2D eigenvalue weighted by Crippen LogP contribution is 2.27. The highest BCUT2D eigenvalue weighted by atomic mass is 35.5. The quantitative estimate of drug-likeness (QED) is 0.336. The van der Waals surface area contributed by atoms with Crippen LogP contribution in [0.5, 0.6) is 5.75 Å². The fraction of sp³-hybridized carbons (Fsp3) is 0.381. The molecule has 28 heavy (non-hydrogen) atoms. The second-order valence-corrected chi connectivity index (χ2v) is 7.26. The number of aromatic hydroxyl groups is 1. The number of nitrogens with one attached hydrogen (secondary N) is 1. The molecule has 2 aromatic carbocycles. The number of fused-ring (bicyclic) bond motifs is 1. The van der Waals surface area contributed by atoms with Crippen molar-refractivity contribution >= 4 is 17.7 Å². The van der Waals surface area contributed by atoms with E-state index in [2.05, 4.69) is 36.3 Å². The minimum Gasteiger partial charge on any atom is -1.00 e. The third-order valence-electron chi connectivity index (χ3n) is 5.24. The van der Waals surface area contributed by atoms with E-state index < -0.39 is 6.10 Å². The first-order valence-electron chi connectivity index (χ1n) is 9.27. The molecule has 1 aliphatic heterocycles. The molecule has 5 nitrogen and oxygen atoms in total. The zero-order valence-corrected chi connectivity index (χ0v) is 18.0. The van der Waals surface area contributed by atoms with Crippen LogP contribution in [0.3, 0.4) is 0 Å². The molecule has 0 aliphatic carbocycles. The molecule has 3 rings (SSSR count). The van der Waals surface area contributed by atoms with Gasteiger partial charge in [0.1, 0.15) is 23.6 Å². The maximum atomic E-state index is 10.4. The van der Waals surface area contributed by atoms with Crippen molar-refractivity contribution in [2.75, 3.05) is 13.1 Å². The van der Waals surface area contributed by atoms with E-state index in [1.807, 2.05) is 13.3 Å². The number of halogens is 2. The van der Waals surface area contributed by atoms with E-state index in [9.17, 15) is 10.2 Å².